The number of aromatic nitrogens is 1. The van der Waals surface area contributed by atoms with Crippen LogP contribution in [-0.2, 0) is 4.79 Å². The van der Waals surface area contributed by atoms with Crippen LogP contribution in [0.25, 0.3) is 0 Å². The Balaban J connectivity index is 2.12. The number of thiazole rings is 1. The summed E-state index contributed by atoms with van der Waals surface area (Å²) in [6.07, 6.45) is 0. The van der Waals surface area contributed by atoms with Gasteiger partial charge in [0.1, 0.15) is 5.69 Å². The molecule has 0 spiro atoms. The van der Waals surface area contributed by atoms with Crippen LogP contribution in [0.3, 0.4) is 0 Å². The quantitative estimate of drug-likeness (QED) is 0.710. The van der Waals surface area contributed by atoms with Gasteiger partial charge in [-0.05, 0) is 0 Å². The molecule has 0 unspecified atom stereocenters. The van der Waals surface area contributed by atoms with E-state index in [-0.39, 0.29) is 11.7 Å². The zero-order chi connectivity index (χ0) is 11.7. The Morgan fingerprint density at radius 3 is 2.81 bits per heavy atom. The zero-order valence-corrected chi connectivity index (χ0v) is 10.1. The van der Waals surface area contributed by atoms with Crippen LogP contribution in [0.2, 0.25) is 0 Å². The molecule has 5 nitrogen and oxygen atoms in total. The molecule has 6 heteroatoms. The van der Waals surface area contributed by atoms with Gasteiger partial charge in [0.15, 0.2) is 10.9 Å². The van der Waals surface area contributed by atoms with Crippen LogP contribution in [0.15, 0.2) is 5.38 Å². The summed E-state index contributed by atoms with van der Waals surface area (Å²) in [5.41, 5.74) is 0.478. The number of nitrogens with zero attached hydrogens (tertiary/aromatic N) is 3. The Morgan fingerprint density at radius 2 is 2.25 bits per heavy atom. The molecule has 1 amide bonds. The lowest BCUT2D eigenvalue weighted by molar-refractivity contribution is -0.129. The molecule has 0 radical (unpaired) electrons. The molecule has 1 aliphatic heterocycles. The normalized spacial score (nSPS) is 16.8. The lowest BCUT2D eigenvalue weighted by atomic mass is 10.3. The Bertz CT molecular complexity index is 429. The zero-order valence-electron chi connectivity index (χ0n) is 9.27. The van der Waals surface area contributed by atoms with E-state index >= 15 is 0 Å². The van der Waals surface area contributed by atoms with E-state index in [1.807, 2.05) is 4.90 Å². The molecule has 0 N–H and O–H groups in total. The van der Waals surface area contributed by atoms with Crippen molar-refractivity contribution in [1.82, 2.24) is 9.88 Å². The SMILES string of the molecule is CC(=O)c1csc(N2CCN(C)C(=O)C2)n1. The fourth-order valence-corrected chi connectivity index (χ4v) is 2.38. The van der Waals surface area contributed by atoms with Crippen molar-refractivity contribution in [3.63, 3.8) is 0 Å². The number of amides is 1. The minimum absolute atomic E-state index is 0.0389. The molecule has 0 aliphatic carbocycles. The van der Waals surface area contributed by atoms with Gasteiger partial charge in [0.05, 0.1) is 6.54 Å². The van der Waals surface area contributed by atoms with Gasteiger partial charge >= 0.3 is 0 Å². The highest BCUT2D eigenvalue weighted by Crippen LogP contribution is 2.22. The molecule has 1 fully saturated rings. The highest BCUT2D eigenvalue weighted by Gasteiger charge is 2.23. The predicted molar refractivity (Wildman–Crippen MR) is 62.0 cm³/mol. The van der Waals surface area contributed by atoms with E-state index in [0.717, 1.165) is 11.7 Å². The Labute approximate surface area is 97.7 Å². The number of Topliss-reactive ketones (excluding diaryl/α,β-unsaturated/α-hetero) is 1. The van der Waals surface area contributed by atoms with Crippen LogP contribution in [-0.4, -0.2) is 48.3 Å². The third-order valence-electron chi connectivity index (χ3n) is 2.58. The second-order valence-corrected chi connectivity index (χ2v) is 4.64. The molecule has 1 aliphatic rings. The second kappa shape index (κ2) is 4.21. The lowest BCUT2D eigenvalue weighted by Gasteiger charge is -2.31. The van der Waals surface area contributed by atoms with Crippen molar-refractivity contribution in [2.24, 2.45) is 0 Å². The topological polar surface area (TPSA) is 53.5 Å². The van der Waals surface area contributed by atoms with Crippen molar-refractivity contribution in [3.8, 4) is 0 Å². The number of carbonyl (C=O) groups is 2. The maximum Gasteiger partial charge on any atom is 0.241 e. The van der Waals surface area contributed by atoms with E-state index in [2.05, 4.69) is 4.98 Å². The molecule has 2 heterocycles. The number of hydrogen-bond donors (Lipinski definition) is 0. The fourth-order valence-electron chi connectivity index (χ4n) is 1.49. The smallest absolute Gasteiger partial charge is 0.241 e. The van der Waals surface area contributed by atoms with Crippen LogP contribution in [0, 0.1) is 0 Å². The van der Waals surface area contributed by atoms with Gasteiger partial charge in [-0.15, -0.1) is 11.3 Å². The molecular weight excluding hydrogens is 226 g/mol. The molecule has 0 atom stereocenters. The van der Waals surface area contributed by atoms with Crippen molar-refractivity contribution < 1.29 is 9.59 Å². The first kappa shape index (κ1) is 11.1. The van der Waals surface area contributed by atoms with Gasteiger partial charge in [-0.2, -0.15) is 0 Å². The molecule has 1 aromatic heterocycles. The molecule has 0 bridgehead atoms. The van der Waals surface area contributed by atoms with Crippen molar-refractivity contribution in [3.05, 3.63) is 11.1 Å². The third-order valence-corrected chi connectivity index (χ3v) is 3.48. The van der Waals surface area contributed by atoms with E-state index in [9.17, 15) is 9.59 Å². The first-order valence-electron chi connectivity index (χ1n) is 5.03. The number of likely N-dealkylation sites (N-methyl/N-ethyl adjacent to an activating group) is 1. The predicted octanol–water partition coefficient (Wildman–Crippen LogP) is 0.624. The van der Waals surface area contributed by atoms with Crippen molar-refractivity contribution in [2.75, 3.05) is 31.6 Å². The molecule has 0 saturated carbocycles. The molecule has 16 heavy (non-hydrogen) atoms. The highest BCUT2D eigenvalue weighted by molar-refractivity contribution is 7.14. The van der Waals surface area contributed by atoms with Gasteiger partial charge in [-0.3, -0.25) is 9.59 Å². The summed E-state index contributed by atoms with van der Waals surface area (Å²) in [7, 11) is 1.79. The van der Waals surface area contributed by atoms with E-state index in [1.54, 1.807) is 17.3 Å². The summed E-state index contributed by atoms with van der Waals surface area (Å²) in [5.74, 6) is 0.0498. The first-order valence-corrected chi connectivity index (χ1v) is 5.91. The lowest BCUT2D eigenvalue weighted by Crippen LogP contribution is -2.48. The van der Waals surface area contributed by atoms with Crippen LogP contribution < -0.4 is 4.90 Å². The van der Waals surface area contributed by atoms with Crippen LogP contribution in [0.4, 0.5) is 5.13 Å². The van der Waals surface area contributed by atoms with Crippen molar-refractivity contribution in [2.45, 2.75) is 6.92 Å². The number of hydrogen-bond acceptors (Lipinski definition) is 5. The standard InChI is InChI=1S/C10H13N3O2S/c1-7(14)8-6-16-10(11-8)13-4-3-12(2)9(15)5-13/h6H,3-5H2,1-2H3. The molecule has 2 rings (SSSR count). The largest absolute Gasteiger partial charge is 0.342 e. The van der Waals surface area contributed by atoms with E-state index in [0.29, 0.717) is 18.8 Å². The molecule has 86 valence electrons. The molecule has 0 aromatic carbocycles. The number of anilines is 1. The Morgan fingerprint density at radius 1 is 1.50 bits per heavy atom. The summed E-state index contributed by atoms with van der Waals surface area (Å²) >= 11 is 1.41. The number of carbonyl (C=O) groups excluding carboxylic acids is 2. The number of rotatable bonds is 2. The molecule has 1 saturated heterocycles. The summed E-state index contributed by atoms with van der Waals surface area (Å²) in [5, 5.41) is 2.49. The van der Waals surface area contributed by atoms with Crippen molar-refractivity contribution in [1.29, 1.82) is 0 Å². The summed E-state index contributed by atoms with van der Waals surface area (Å²) in [4.78, 5) is 30.5. The Kier molecular flexibility index (Phi) is 2.91. The monoisotopic (exact) mass is 239 g/mol. The van der Waals surface area contributed by atoms with Crippen molar-refractivity contribution >= 4 is 28.2 Å². The highest BCUT2D eigenvalue weighted by atomic mass is 32.1. The maximum atomic E-state index is 11.5. The Hall–Kier alpha value is -1.43. The van der Waals surface area contributed by atoms with Gasteiger partial charge in [-0.25, -0.2) is 4.98 Å². The van der Waals surface area contributed by atoms with Crippen LogP contribution in [0.1, 0.15) is 17.4 Å². The van der Waals surface area contributed by atoms with Crippen LogP contribution in [0.5, 0.6) is 0 Å². The summed E-state index contributed by atoms with van der Waals surface area (Å²) in [6.45, 7) is 3.32. The number of piperazine rings is 1. The fraction of sp³-hybridized carbons (Fsp3) is 0.500. The second-order valence-electron chi connectivity index (χ2n) is 3.81. The summed E-state index contributed by atoms with van der Waals surface area (Å²) in [6, 6.07) is 0. The van der Waals surface area contributed by atoms with Gasteiger partial charge in [0.25, 0.3) is 0 Å². The van der Waals surface area contributed by atoms with Gasteiger partial charge in [0.2, 0.25) is 5.91 Å². The van der Waals surface area contributed by atoms with Gasteiger partial charge in [0, 0.05) is 32.4 Å². The van der Waals surface area contributed by atoms with Crippen LogP contribution >= 0.6 is 11.3 Å². The van der Waals surface area contributed by atoms with E-state index in [4.69, 9.17) is 0 Å². The maximum absolute atomic E-state index is 11.5. The molecular formula is C10H13N3O2S. The molecule has 1 aromatic rings. The summed E-state index contributed by atoms with van der Waals surface area (Å²) < 4.78 is 0. The number of ketones is 1. The third kappa shape index (κ3) is 2.06. The minimum atomic E-state index is -0.0389. The van der Waals surface area contributed by atoms with E-state index < -0.39 is 0 Å². The van der Waals surface area contributed by atoms with Gasteiger partial charge < -0.3 is 9.80 Å². The first-order chi connectivity index (χ1) is 7.58. The van der Waals surface area contributed by atoms with Gasteiger partial charge in [-0.1, -0.05) is 0 Å². The average Bonchev–Trinajstić information content (AvgIpc) is 2.71. The van der Waals surface area contributed by atoms with E-state index in [1.165, 1.54) is 18.3 Å². The minimum Gasteiger partial charge on any atom is -0.342 e. The average molecular weight is 239 g/mol.